The van der Waals surface area contributed by atoms with Gasteiger partial charge in [-0.3, -0.25) is 9.78 Å². The highest BCUT2D eigenvalue weighted by molar-refractivity contribution is 7.99. The van der Waals surface area contributed by atoms with Crippen molar-refractivity contribution in [2.24, 2.45) is 0 Å². The van der Waals surface area contributed by atoms with Gasteiger partial charge < -0.3 is 14.8 Å². The van der Waals surface area contributed by atoms with Crippen molar-refractivity contribution < 1.29 is 15.0 Å². The number of nitrogens with zero attached hydrogens (tertiary/aromatic N) is 3. The molecule has 2 heterocycles. The molecule has 2 aromatic rings. The summed E-state index contributed by atoms with van der Waals surface area (Å²) in [5.41, 5.74) is 1.77. The average molecular weight is 307 g/mol. The lowest BCUT2D eigenvalue weighted by Gasteiger charge is -2.28. The fourth-order valence-corrected chi connectivity index (χ4v) is 3.63. The van der Waals surface area contributed by atoms with Crippen molar-refractivity contribution in [3.8, 4) is 0 Å². The van der Waals surface area contributed by atoms with Crippen LogP contribution in [0.15, 0.2) is 23.6 Å². The first-order valence-electron chi connectivity index (χ1n) is 6.99. The largest absolute Gasteiger partial charge is 0.481 e. The van der Waals surface area contributed by atoms with E-state index < -0.39 is 5.97 Å². The third-order valence-electron chi connectivity index (χ3n) is 3.82. The van der Waals surface area contributed by atoms with Crippen LogP contribution in [0.1, 0.15) is 31.7 Å². The number of carboxylic acids is 1. The zero-order valence-corrected chi connectivity index (χ0v) is 12.3. The standard InChI is InChI=1S/C14H17N3O3S/c18-10-3-1-9(2-4-10)17-12-5-6-15-7-11(12)16-14(17)21-8-13(19)20/h5-7,9-10,18H,1-4,8H2,(H,19,20). The summed E-state index contributed by atoms with van der Waals surface area (Å²) < 4.78 is 2.12. The number of aliphatic carboxylic acids is 1. The van der Waals surface area contributed by atoms with Crippen LogP contribution >= 0.6 is 11.8 Å². The maximum absolute atomic E-state index is 10.8. The maximum atomic E-state index is 10.8. The summed E-state index contributed by atoms with van der Waals surface area (Å²) in [7, 11) is 0. The van der Waals surface area contributed by atoms with Crippen molar-refractivity contribution in [1.29, 1.82) is 0 Å². The van der Waals surface area contributed by atoms with Crippen molar-refractivity contribution in [3.63, 3.8) is 0 Å². The van der Waals surface area contributed by atoms with Gasteiger partial charge in [0.2, 0.25) is 0 Å². The fourth-order valence-electron chi connectivity index (χ4n) is 2.83. The lowest BCUT2D eigenvalue weighted by Crippen LogP contribution is -2.21. The molecule has 0 radical (unpaired) electrons. The molecule has 0 aromatic carbocycles. The van der Waals surface area contributed by atoms with Crippen LogP contribution in [0.3, 0.4) is 0 Å². The van der Waals surface area contributed by atoms with Crippen molar-refractivity contribution in [1.82, 2.24) is 14.5 Å². The predicted octanol–water partition coefficient (Wildman–Crippen LogP) is 2.08. The van der Waals surface area contributed by atoms with E-state index in [0.29, 0.717) is 0 Å². The summed E-state index contributed by atoms with van der Waals surface area (Å²) >= 11 is 1.24. The molecule has 3 rings (SSSR count). The molecule has 0 aliphatic heterocycles. The van der Waals surface area contributed by atoms with Crippen LogP contribution in [-0.4, -0.2) is 42.6 Å². The van der Waals surface area contributed by atoms with Crippen LogP contribution in [-0.2, 0) is 4.79 Å². The van der Waals surface area contributed by atoms with Gasteiger partial charge in [-0.15, -0.1) is 0 Å². The number of imidazole rings is 1. The molecule has 1 aliphatic carbocycles. The zero-order valence-electron chi connectivity index (χ0n) is 11.5. The molecule has 2 N–H and O–H groups in total. The van der Waals surface area contributed by atoms with Crippen LogP contribution < -0.4 is 0 Å². The number of hydrogen-bond donors (Lipinski definition) is 2. The Balaban J connectivity index is 1.96. The summed E-state index contributed by atoms with van der Waals surface area (Å²) in [6.07, 6.45) is 6.54. The molecule has 21 heavy (non-hydrogen) atoms. The molecular weight excluding hydrogens is 290 g/mol. The molecule has 0 atom stereocenters. The molecule has 0 saturated heterocycles. The second-order valence-electron chi connectivity index (χ2n) is 5.27. The first kappa shape index (κ1) is 14.3. The number of rotatable bonds is 4. The second kappa shape index (κ2) is 6.03. The summed E-state index contributed by atoms with van der Waals surface area (Å²) in [5.74, 6) is -0.859. The highest BCUT2D eigenvalue weighted by Gasteiger charge is 2.25. The summed E-state index contributed by atoms with van der Waals surface area (Å²) in [6, 6.07) is 2.18. The topological polar surface area (TPSA) is 88.2 Å². The molecule has 7 heteroatoms. The summed E-state index contributed by atoms with van der Waals surface area (Å²) in [4.78, 5) is 19.4. The van der Waals surface area contributed by atoms with E-state index in [9.17, 15) is 9.90 Å². The molecule has 1 fully saturated rings. The van der Waals surface area contributed by atoms with Gasteiger partial charge in [0.15, 0.2) is 5.16 Å². The van der Waals surface area contributed by atoms with Crippen LogP contribution in [0.25, 0.3) is 11.0 Å². The van der Waals surface area contributed by atoms with E-state index in [-0.39, 0.29) is 17.9 Å². The van der Waals surface area contributed by atoms with E-state index in [4.69, 9.17) is 5.11 Å². The van der Waals surface area contributed by atoms with Crippen molar-refractivity contribution in [3.05, 3.63) is 18.5 Å². The SMILES string of the molecule is O=C(O)CSc1nc2cnccc2n1C1CCC(O)CC1. The van der Waals surface area contributed by atoms with E-state index in [0.717, 1.165) is 41.9 Å². The molecule has 0 spiro atoms. The molecule has 0 bridgehead atoms. The first-order chi connectivity index (χ1) is 10.1. The Hall–Kier alpha value is -1.60. The summed E-state index contributed by atoms with van der Waals surface area (Å²) in [5, 5.41) is 19.3. The van der Waals surface area contributed by atoms with Crippen LogP contribution in [0.5, 0.6) is 0 Å². The quantitative estimate of drug-likeness (QED) is 0.841. The normalized spacial score (nSPS) is 22.5. The van der Waals surface area contributed by atoms with Gasteiger partial charge in [0, 0.05) is 12.2 Å². The molecular formula is C14H17N3O3S. The number of hydrogen-bond acceptors (Lipinski definition) is 5. The van der Waals surface area contributed by atoms with E-state index in [1.54, 1.807) is 12.4 Å². The molecule has 1 saturated carbocycles. The van der Waals surface area contributed by atoms with Gasteiger partial charge in [0.25, 0.3) is 0 Å². The molecule has 6 nitrogen and oxygen atoms in total. The Labute approximate surface area is 126 Å². The van der Waals surface area contributed by atoms with Crippen LogP contribution in [0.4, 0.5) is 0 Å². The number of carbonyl (C=O) groups is 1. The first-order valence-corrected chi connectivity index (χ1v) is 7.98. The second-order valence-corrected chi connectivity index (χ2v) is 6.22. The summed E-state index contributed by atoms with van der Waals surface area (Å²) in [6.45, 7) is 0. The minimum Gasteiger partial charge on any atom is -0.481 e. The average Bonchev–Trinajstić information content (AvgIpc) is 2.84. The van der Waals surface area contributed by atoms with Gasteiger partial charge in [0.05, 0.1) is 23.6 Å². The molecule has 0 unspecified atom stereocenters. The lowest BCUT2D eigenvalue weighted by atomic mass is 9.93. The molecule has 112 valence electrons. The van der Waals surface area contributed by atoms with Crippen molar-refractivity contribution in [2.45, 2.75) is 43.0 Å². The van der Waals surface area contributed by atoms with E-state index in [1.807, 2.05) is 6.07 Å². The number of pyridine rings is 1. The van der Waals surface area contributed by atoms with Gasteiger partial charge in [-0.2, -0.15) is 0 Å². The van der Waals surface area contributed by atoms with Crippen molar-refractivity contribution in [2.75, 3.05) is 5.75 Å². The van der Waals surface area contributed by atoms with Gasteiger partial charge in [-0.1, -0.05) is 11.8 Å². The van der Waals surface area contributed by atoms with Crippen LogP contribution in [0, 0.1) is 0 Å². The number of thioether (sulfide) groups is 1. The Morgan fingerprint density at radius 1 is 1.38 bits per heavy atom. The van der Waals surface area contributed by atoms with Gasteiger partial charge in [-0.25, -0.2) is 4.98 Å². The van der Waals surface area contributed by atoms with Crippen LogP contribution in [0.2, 0.25) is 0 Å². The Kier molecular flexibility index (Phi) is 4.12. The number of aliphatic hydroxyl groups excluding tert-OH is 1. The predicted molar refractivity (Wildman–Crippen MR) is 79.4 cm³/mol. The van der Waals surface area contributed by atoms with E-state index in [2.05, 4.69) is 14.5 Å². The number of aliphatic hydroxyl groups is 1. The minimum atomic E-state index is -0.851. The maximum Gasteiger partial charge on any atom is 0.313 e. The van der Waals surface area contributed by atoms with E-state index >= 15 is 0 Å². The monoisotopic (exact) mass is 307 g/mol. The van der Waals surface area contributed by atoms with E-state index in [1.165, 1.54) is 11.8 Å². The van der Waals surface area contributed by atoms with Gasteiger partial charge in [0.1, 0.15) is 5.52 Å². The lowest BCUT2D eigenvalue weighted by molar-refractivity contribution is -0.133. The Morgan fingerprint density at radius 2 is 2.14 bits per heavy atom. The fraction of sp³-hybridized carbons (Fsp3) is 0.500. The smallest absolute Gasteiger partial charge is 0.313 e. The molecule has 2 aromatic heterocycles. The minimum absolute atomic E-state index is 0.00784. The third-order valence-corrected chi connectivity index (χ3v) is 4.75. The number of carboxylic acid groups (broad SMARTS) is 1. The van der Waals surface area contributed by atoms with Crippen molar-refractivity contribution >= 4 is 28.8 Å². The Morgan fingerprint density at radius 3 is 2.86 bits per heavy atom. The zero-order chi connectivity index (χ0) is 14.8. The van der Waals surface area contributed by atoms with Gasteiger partial charge in [-0.05, 0) is 31.7 Å². The number of aromatic nitrogens is 3. The number of fused-ring (bicyclic) bond motifs is 1. The Bertz CT molecular complexity index is 650. The highest BCUT2D eigenvalue weighted by Crippen LogP contribution is 2.35. The van der Waals surface area contributed by atoms with Gasteiger partial charge >= 0.3 is 5.97 Å². The molecule has 1 aliphatic rings. The third kappa shape index (κ3) is 3.03. The highest BCUT2D eigenvalue weighted by atomic mass is 32.2. The molecule has 0 amide bonds.